The molecule has 1 amide bonds. The van der Waals surface area contributed by atoms with Crippen LogP contribution in [0.5, 0.6) is 17.2 Å². The van der Waals surface area contributed by atoms with Crippen molar-refractivity contribution in [2.24, 2.45) is 5.10 Å². The first kappa shape index (κ1) is 21.6. The average Bonchev–Trinajstić information content (AvgIpc) is 3.52. The van der Waals surface area contributed by atoms with Crippen LogP contribution >= 0.6 is 11.3 Å². The van der Waals surface area contributed by atoms with Gasteiger partial charge >= 0.3 is 0 Å². The molecule has 2 aromatic carbocycles. The van der Waals surface area contributed by atoms with Crippen molar-refractivity contribution in [3.8, 4) is 17.2 Å². The minimum absolute atomic E-state index is 0.201. The van der Waals surface area contributed by atoms with Crippen LogP contribution in [0.4, 0.5) is 0 Å². The summed E-state index contributed by atoms with van der Waals surface area (Å²) in [6, 6.07) is 15.9. The van der Waals surface area contributed by atoms with Gasteiger partial charge < -0.3 is 14.2 Å². The maximum absolute atomic E-state index is 13.1. The quantitative estimate of drug-likeness (QED) is 0.477. The van der Waals surface area contributed by atoms with Crippen molar-refractivity contribution in [1.29, 1.82) is 0 Å². The summed E-state index contributed by atoms with van der Waals surface area (Å²) in [6.07, 6.45) is 1.31. The molecule has 1 aromatic heterocycles. The number of ether oxygens (including phenoxy) is 3. The van der Waals surface area contributed by atoms with Gasteiger partial charge in [0, 0.05) is 12.0 Å². The molecule has 0 radical (unpaired) electrons. The number of amides is 1. The van der Waals surface area contributed by atoms with E-state index in [9.17, 15) is 9.59 Å². The maximum Gasteiger partial charge on any atom is 0.281 e. The van der Waals surface area contributed by atoms with E-state index in [4.69, 9.17) is 14.2 Å². The van der Waals surface area contributed by atoms with Gasteiger partial charge in [0.1, 0.15) is 12.0 Å². The second-order valence-electron chi connectivity index (χ2n) is 7.08. The second kappa shape index (κ2) is 9.65. The van der Waals surface area contributed by atoms with E-state index in [0.29, 0.717) is 29.2 Å². The zero-order valence-corrected chi connectivity index (χ0v) is 18.5. The highest BCUT2D eigenvalue weighted by Crippen LogP contribution is 2.37. The minimum Gasteiger partial charge on any atom is -0.493 e. The van der Waals surface area contributed by atoms with E-state index in [1.807, 2.05) is 35.7 Å². The third kappa shape index (κ3) is 4.50. The van der Waals surface area contributed by atoms with Crippen LogP contribution in [-0.2, 0) is 4.79 Å². The Morgan fingerprint density at radius 1 is 1.12 bits per heavy atom. The Morgan fingerprint density at radius 2 is 1.97 bits per heavy atom. The Bertz CT molecular complexity index is 1140. The normalized spacial score (nSPS) is 15.2. The summed E-state index contributed by atoms with van der Waals surface area (Å²) in [5.74, 6) is 1.37. The zero-order chi connectivity index (χ0) is 22.5. The molecule has 8 heteroatoms. The largest absolute Gasteiger partial charge is 0.493 e. The molecule has 1 atom stereocenters. The van der Waals surface area contributed by atoms with Gasteiger partial charge in [0.25, 0.3) is 5.91 Å². The molecule has 0 bridgehead atoms. The van der Waals surface area contributed by atoms with E-state index in [1.165, 1.54) is 5.01 Å². The number of thiophene rings is 1. The Morgan fingerprint density at radius 3 is 2.69 bits per heavy atom. The van der Waals surface area contributed by atoms with Crippen molar-refractivity contribution in [3.63, 3.8) is 0 Å². The Hall–Kier alpha value is -3.65. The predicted molar refractivity (Wildman–Crippen MR) is 122 cm³/mol. The van der Waals surface area contributed by atoms with E-state index >= 15 is 0 Å². The Labute approximate surface area is 189 Å². The maximum atomic E-state index is 13.1. The van der Waals surface area contributed by atoms with Crippen LogP contribution in [0.25, 0.3) is 0 Å². The smallest absolute Gasteiger partial charge is 0.281 e. The zero-order valence-electron chi connectivity index (χ0n) is 17.7. The van der Waals surface area contributed by atoms with Crippen LogP contribution in [0.2, 0.25) is 0 Å². The second-order valence-corrected chi connectivity index (χ2v) is 8.02. The first-order valence-electron chi connectivity index (χ1n) is 9.96. The molecule has 0 N–H and O–H groups in total. The summed E-state index contributed by atoms with van der Waals surface area (Å²) in [6.45, 7) is -0.201. The van der Waals surface area contributed by atoms with Gasteiger partial charge in [-0.15, -0.1) is 11.3 Å². The van der Waals surface area contributed by atoms with Crippen molar-refractivity contribution in [2.75, 3.05) is 20.8 Å². The number of hydrogen-bond acceptors (Lipinski definition) is 7. The average molecular weight is 451 g/mol. The number of nitrogens with zero attached hydrogens (tertiary/aromatic N) is 2. The van der Waals surface area contributed by atoms with Crippen molar-refractivity contribution in [2.45, 2.75) is 12.5 Å². The van der Waals surface area contributed by atoms with Gasteiger partial charge in [0.05, 0.1) is 30.9 Å². The third-order valence-electron chi connectivity index (χ3n) is 5.12. The fourth-order valence-electron chi connectivity index (χ4n) is 3.54. The third-order valence-corrected chi connectivity index (χ3v) is 6.04. The van der Waals surface area contributed by atoms with Crippen molar-refractivity contribution >= 4 is 29.2 Å². The number of carbonyl (C=O) groups is 2. The Kier molecular flexibility index (Phi) is 6.51. The highest BCUT2D eigenvalue weighted by atomic mass is 32.1. The molecule has 1 unspecified atom stereocenters. The van der Waals surface area contributed by atoms with E-state index in [2.05, 4.69) is 5.10 Å². The number of methoxy groups -OCH3 is 2. The van der Waals surface area contributed by atoms with Gasteiger partial charge in [0.2, 0.25) is 0 Å². The molecule has 0 saturated heterocycles. The highest BCUT2D eigenvalue weighted by Gasteiger charge is 2.34. The van der Waals surface area contributed by atoms with Gasteiger partial charge in [-0.2, -0.15) is 5.10 Å². The molecule has 7 nitrogen and oxygen atoms in total. The van der Waals surface area contributed by atoms with E-state index in [-0.39, 0.29) is 18.6 Å². The lowest BCUT2D eigenvalue weighted by Gasteiger charge is -2.23. The van der Waals surface area contributed by atoms with E-state index < -0.39 is 0 Å². The molecule has 0 aliphatic carbocycles. The lowest BCUT2D eigenvalue weighted by atomic mass is 10.0. The van der Waals surface area contributed by atoms with Crippen LogP contribution in [0.15, 0.2) is 65.1 Å². The molecule has 1 aliphatic heterocycles. The predicted octanol–water partition coefficient (Wildman–Crippen LogP) is 4.33. The fraction of sp³-hybridized carbons (Fsp3) is 0.208. The number of hydrogen-bond donors (Lipinski definition) is 0. The van der Waals surface area contributed by atoms with Crippen LogP contribution in [0.1, 0.15) is 33.3 Å². The molecule has 0 fully saturated rings. The summed E-state index contributed by atoms with van der Waals surface area (Å²) in [7, 11) is 3.16. The van der Waals surface area contributed by atoms with E-state index in [0.717, 1.165) is 22.4 Å². The van der Waals surface area contributed by atoms with Crippen molar-refractivity contribution in [3.05, 3.63) is 76.0 Å². The highest BCUT2D eigenvalue weighted by molar-refractivity contribution is 7.12. The lowest BCUT2D eigenvalue weighted by molar-refractivity contribution is -0.135. The minimum atomic E-state index is -0.302. The molecule has 3 aromatic rings. The molecule has 164 valence electrons. The van der Waals surface area contributed by atoms with Crippen molar-refractivity contribution < 1.29 is 23.8 Å². The SMILES string of the molecule is COc1ccc(C2CC(c3cccs3)=NN2C(=O)COc2cccc(C=O)c2)cc1OC. The van der Waals surface area contributed by atoms with Crippen LogP contribution in [-0.4, -0.2) is 43.7 Å². The number of hydrazone groups is 1. The molecule has 0 spiro atoms. The van der Waals surface area contributed by atoms with Crippen molar-refractivity contribution in [1.82, 2.24) is 5.01 Å². The first-order chi connectivity index (χ1) is 15.6. The summed E-state index contributed by atoms with van der Waals surface area (Å²) in [5.41, 5.74) is 2.21. The number of aldehydes is 1. The fourth-order valence-corrected chi connectivity index (χ4v) is 4.26. The Balaban J connectivity index is 1.59. The lowest BCUT2D eigenvalue weighted by Crippen LogP contribution is -2.31. The number of benzene rings is 2. The summed E-state index contributed by atoms with van der Waals surface area (Å²) < 4.78 is 16.4. The van der Waals surface area contributed by atoms with Gasteiger partial charge in [-0.3, -0.25) is 9.59 Å². The molecule has 2 heterocycles. The van der Waals surface area contributed by atoms with Crippen LogP contribution in [0, 0.1) is 0 Å². The van der Waals surface area contributed by atoms with Gasteiger partial charge in [-0.25, -0.2) is 5.01 Å². The molecule has 32 heavy (non-hydrogen) atoms. The molecule has 0 saturated carbocycles. The summed E-state index contributed by atoms with van der Waals surface area (Å²) in [5, 5.41) is 8.09. The summed E-state index contributed by atoms with van der Waals surface area (Å²) >= 11 is 1.58. The molecular weight excluding hydrogens is 428 g/mol. The van der Waals surface area contributed by atoms with E-state index in [1.54, 1.807) is 49.8 Å². The molecular formula is C24H22N2O5S. The monoisotopic (exact) mass is 450 g/mol. The van der Waals surface area contributed by atoms with Gasteiger partial charge in [-0.1, -0.05) is 24.3 Å². The number of carbonyl (C=O) groups excluding carboxylic acids is 2. The number of rotatable bonds is 8. The summed E-state index contributed by atoms with van der Waals surface area (Å²) in [4.78, 5) is 25.1. The standard InChI is InChI=1S/C24H22N2O5S/c1-29-21-9-8-17(12-22(21)30-2)20-13-19(23-7-4-10-32-23)25-26(20)24(28)15-31-18-6-3-5-16(11-18)14-27/h3-12,14,20H,13,15H2,1-2H3. The molecule has 4 rings (SSSR count). The topological polar surface area (TPSA) is 77.4 Å². The van der Waals surface area contributed by atoms with Gasteiger partial charge in [-0.05, 0) is 41.3 Å². The first-order valence-corrected chi connectivity index (χ1v) is 10.8. The van der Waals surface area contributed by atoms with Crippen LogP contribution < -0.4 is 14.2 Å². The van der Waals surface area contributed by atoms with Gasteiger partial charge in [0.15, 0.2) is 18.1 Å². The molecule has 1 aliphatic rings. The van der Waals surface area contributed by atoms with Crippen LogP contribution in [0.3, 0.4) is 0 Å².